The van der Waals surface area contributed by atoms with E-state index in [1.54, 1.807) is 0 Å². The number of hydrogen-bond donors (Lipinski definition) is 0. The maximum absolute atomic E-state index is 12.8. The summed E-state index contributed by atoms with van der Waals surface area (Å²) >= 11 is 0. The maximum Gasteiger partial charge on any atom is 0.314 e. The molecule has 1 aromatic rings. The van der Waals surface area contributed by atoms with Crippen LogP contribution in [0.3, 0.4) is 0 Å². The van der Waals surface area contributed by atoms with Crippen LogP contribution in [0.15, 0.2) is 29.2 Å². The maximum atomic E-state index is 12.8. The molecular weight excluding hydrogens is 435 g/mol. The number of carbonyl (C=O) groups excluding carboxylic acids is 1. The zero-order chi connectivity index (χ0) is 22.8. The van der Waals surface area contributed by atoms with Crippen molar-refractivity contribution in [2.75, 3.05) is 0 Å². The zero-order valence-corrected chi connectivity index (χ0v) is 18.8. The Labute approximate surface area is 181 Å². The first-order chi connectivity index (χ1) is 14.4. The second-order valence-electron chi connectivity index (χ2n) is 9.40. The fourth-order valence-corrected chi connectivity index (χ4v) is 5.88. The Bertz CT molecular complexity index is 747. The molecule has 0 aromatic heterocycles. The Kier molecular flexibility index (Phi) is 6.72. The predicted molar refractivity (Wildman–Crippen MR) is 114 cm³/mol. The Morgan fingerprint density at radius 2 is 1.39 bits per heavy atom. The Balaban J connectivity index is 1.46. The van der Waals surface area contributed by atoms with E-state index >= 15 is 0 Å². The van der Waals surface area contributed by atoms with E-state index in [2.05, 4.69) is 6.92 Å². The largest absolute Gasteiger partial charge is 0.426 e. The van der Waals surface area contributed by atoms with Gasteiger partial charge in [-0.05, 0) is 80.5 Å². The van der Waals surface area contributed by atoms with E-state index < -0.39 is 21.1 Å². The first-order valence-electron chi connectivity index (χ1n) is 11.4. The van der Waals surface area contributed by atoms with Crippen molar-refractivity contribution in [1.29, 1.82) is 0 Å². The van der Waals surface area contributed by atoms with Crippen molar-refractivity contribution >= 4 is 16.2 Å². The van der Waals surface area contributed by atoms with Gasteiger partial charge in [-0.3, -0.25) is 4.79 Å². The summed E-state index contributed by atoms with van der Waals surface area (Å²) in [5.74, 6) is 1.33. The van der Waals surface area contributed by atoms with E-state index in [4.69, 9.17) is 4.74 Å². The number of rotatable bonds is 7. The molecule has 0 unspecified atom stereocenters. The third kappa shape index (κ3) is 6.83. The highest BCUT2D eigenvalue weighted by molar-refractivity contribution is 8.45. The summed E-state index contributed by atoms with van der Waals surface area (Å²) in [6.45, 7) is 2.23. The van der Waals surface area contributed by atoms with Crippen LogP contribution in [0.2, 0.25) is 0 Å². The van der Waals surface area contributed by atoms with Crippen LogP contribution >= 0.6 is 10.2 Å². The fraction of sp³-hybridized carbons (Fsp3) is 0.696. The standard InChI is InChI=1S/C23H33F5O2S/c1-2-3-4-17-5-7-18(8-6-17)19-9-11-20(12-10-19)23(29)30-21-13-15-22(16-14-21)31(24,25,26,27)28/h13-20H,2-12H2,1H3/t17-,18-,19-,20-. The van der Waals surface area contributed by atoms with Gasteiger partial charge in [0.2, 0.25) is 0 Å². The van der Waals surface area contributed by atoms with Crippen molar-refractivity contribution in [3.8, 4) is 5.75 Å². The van der Waals surface area contributed by atoms with E-state index in [1.165, 1.54) is 44.9 Å². The number of esters is 1. The number of unbranched alkanes of at least 4 members (excludes halogenated alkanes) is 1. The van der Waals surface area contributed by atoms with E-state index in [1.807, 2.05) is 0 Å². The zero-order valence-electron chi connectivity index (χ0n) is 18.0. The highest BCUT2D eigenvalue weighted by Crippen LogP contribution is 3.02. The summed E-state index contributed by atoms with van der Waals surface area (Å²) in [6.07, 6.45) is 12.4. The number of carbonyl (C=O) groups is 1. The quantitative estimate of drug-likeness (QED) is 0.227. The lowest BCUT2D eigenvalue weighted by molar-refractivity contribution is -0.140. The predicted octanol–water partition coefficient (Wildman–Crippen LogP) is 9.05. The molecule has 31 heavy (non-hydrogen) atoms. The Morgan fingerprint density at radius 1 is 0.871 bits per heavy atom. The highest BCUT2D eigenvalue weighted by atomic mass is 32.5. The van der Waals surface area contributed by atoms with Gasteiger partial charge < -0.3 is 4.74 Å². The summed E-state index contributed by atoms with van der Waals surface area (Å²) in [7, 11) is -9.71. The molecule has 8 heteroatoms. The number of halogens is 5. The monoisotopic (exact) mass is 468 g/mol. The Hall–Kier alpha value is -1.31. The molecule has 2 aliphatic carbocycles. The van der Waals surface area contributed by atoms with Crippen molar-refractivity contribution < 1.29 is 29.0 Å². The van der Waals surface area contributed by atoms with Gasteiger partial charge in [0.15, 0.2) is 0 Å². The van der Waals surface area contributed by atoms with Crippen LogP contribution in [0.4, 0.5) is 19.4 Å². The fourth-order valence-electron chi connectivity index (χ4n) is 5.23. The SMILES string of the molecule is CCCC[C@H]1CC[C@H]([C@H]2CC[C@H](C(=O)Oc3ccc(S(F)(F)(F)(F)F)cc3)CC2)CC1. The highest BCUT2D eigenvalue weighted by Gasteiger charge is 2.65. The second-order valence-corrected chi connectivity index (χ2v) is 11.8. The van der Waals surface area contributed by atoms with Gasteiger partial charge in [-0.1, -0.05) is 58.5 Å². The Morgan fingerprint density at radius 3 is 1.87 bits per heavy atom. The molecule has 3 rings (SSSR count). The van der Waals surface area contributed by atoms with E-state index in [0.717, 1.165) is 36.8 Å². The molecule has 0 heterocycles. The van der Waals surface area contributed by atoms with Crippen LogP contribution in [-0.4, -0.2) is 5.97 Å². The van der Waals surface area contributed by atoms with Gasteiger partial charge in [-0.25, -0.2) is 0 Å². The van der Waals surface area contributed by atoms with Crippen LogP contribution in [0.25, 0.3) is 0 Å². The van der Waals surface area contributed by atoms with E-state index in [0.29, 0.717) is 18.8 Å². The van der Waals surface area contributed by atoms with Crippen LogP contribution < -0.4 is 4.74 Å². The molecule has 178 valence electrons. The molecule has 0 bridgehead atoms. The number of benzene rings is 1. The number of hydrogen-bond acceptors (Lipinski definition) is 2. The van der Waals surface area contributed by atoms with Crippen LogP contribution in [0.1, 0.15) is 77.6 Å². The van der Waals surface area contributed by atoms with Gasteiger partial charge in [-0.15, -0.1) is 0 Å². The van der Waals surface area contributed by atoms with Crippen LogP contribution in [-0.2, 0) is 4.79 Å². The lowest BCUT2D eigenvalue weighted by atomic mass is 9.68. The summed E-state index contributed by atoms with van der Waals surface area (Å²) in [6, 6.07) is 2.12. The van der Waals surface area contributed by atoms with E-state index in [-0.39, 0.29) is 23.8 Å². The van der Waals surface area contributed by atoms with Crippen LogP contribution in [0, 0.1) is 23.7 Å². The van der Waals surface area contributed by atoms with Crippen molar-refractivity contribution in [1.82, 2.24) is 0 Å². The van der Waals surface area contributed by atoms with Crippen molar-refractivity contribution in [2.45, 2.75) is 82.4 Å². The van der Waals surface area contributed by atoms with Gasteiger partial charge in [0.25, 0.3) is 0 Å². The molecule has 2 nitrogen and oxygen atoms in total. The molecule has 0 radical (unpaired) electrons. The third-order valence-electron chi connectivity index (χ3n) is 7.12. The topological polar surface area (TPSA) is 26.3 Å². The smallest absolute Gasteiger partial charge is 0.314 e. The van der Waals surface area contributed by atoms with E-state index in [9.17, 15) is 24.2 Å². The van der Waals surface area contributed by atoms with Gasteiger partial charge in [0.1, 0.15) is 10.6 Å². The first kappa shape index (κ1) is 24.3. The lowest BCUT2D eigenvalue weighted by Crippen LogP contribution is -2.30. The first-order valence-corrected chi connectivity index (χ1v) is 13.4. The van der Waals surface area contributed by atoms with Crippen molar-refractivity contribution in [3.63, 3.8) is 0 Å². The minimum Gasteiger partial charge on any atom is -0.426 e. The number of ether oxygens (including phenoxy) is 1. The molecule has 0 amide bonds. The summed E-state index contributed by atoms with van der Waals surface area (Å²) in [5, 5.41) is 0. The average molecular weight is 469 g/mol. The van der Waals surface area contributed by atoms with Gasteiger partial charge in [-0.2, -0.15) is 0 Å². The molecule has 0 atom stereocenters. The third-order valence-corrected chi connectivity index (χ3v) is 8.28. The molecule has 0 N–H and O–H groups in total. The van der Waals surface area contributed by atoms with Crippen molar-refractivity contribution in [2.24, 2.45) is 23.7 Å². The van der Waals surface area contributed by atoms with Crippen LogP contribution in [0.5, 0.6) is 5.75 Å². The minimum atomic E-state index is -9.71. The molecule has 2 fully saturated rings. The molecular formula is C23H33F5O2S. The molecule has 1 aromatic carbocycles. The molecule has 0 aliphatic heterocycles. The summed E-state index contributed by atoms with van der Waals surface area (Å²) < 4.78 is 69.1. The second kappa shape index (κ2) is 8.56. The minimum absolute atomic E-state index is 0.136. The van der Waals surface area contributed by atoms with Gasteiger partial charge in [0, 0.05) is 0 Å². The summed E-state index contributed by atoms with van der Waals surface area (Å²) in [5.41, 5.74) is 0. The average Bonchev–Trinajstić information content (AvgIpc) is 2.71. The lowest BCUT2D eigenvalue weighted by Gasteiger charge is -2.40. The summed E-state index contributed by atoms with van der Waals surface area (Å²) in [4.78, 5) is 10.4. The van der Waals surface area contributed by atoms with Crippen molar-refractivity contribution in [3.05, 3.63) is 24.3 Å². The molecule has 2 saturated carbocycles. The molecule has 2 aliphatic rings. The molecule has 0 saturated heterocycles. The van der Waals surface area contributed by atoms with Gasteiger partial charge >= 0.3 is 16.2 Å². The normalized spacial score (nSPS) is 29.6. The van der Waals surface area contributed by atoms with Gasteiger partial charge in [0.05, 0.1) is 5.92 Å². The molecule has 0 spiro atoms.